The number of aromatic nitrogens is 4. The van der Waals surface area contributed by atoms with Crippen LogP contribution < -0.4 is 22.5 Å². The van der Waals surface area contributed by atoms with Gasteiger partial charge in [0.05, 0.1) is 19.5 Å². The summed E-state index contributed by atoms with van der Waals surface area (Å²) in [5, 5.41) is 20.6. The maximum absolute atomic E-state index is 12.4. The van der Waals surface area contributed by atoms with E-state index in [4.69, 9.17) is 21.2 Å². The fraction of sp³-hybridized carbons (Fsp3) is 0.571. The monoisotopic (exact) mass is 382 g/mol. The Bertz CT molecular complexity index is 844. The Kier molecular flexibility index (Phi) is 5.12. The van der Waals surface area contributed by atoms with Gasteiger partial charge in [-0.2, -0.15) is 9.97 Å². The van der Waals surface area contributed by atoms with E-state index in [-0.39, 0.29) is 24.0 Å². The van der Waals surface area contributed by atoms with Gasteiger partial charge >= 0.3 is 5.97 Å². The second-order valence-electron chi connectivity index (χ2n) is 6.15. The molecule has 3 heterocycles. The molecule has 148 valence electrons. The van der Waals surface area contributed by atoms with Gasteiger partial charge in [-0.3, -0.25) is 14.8 Å². The number of hydrazine groups is 2. The molecule has 0 aliphatic carbocycles. The van der Waals surface area contributed by atoms with E-state index in [0.29, 0.717) is 5.52 Å². The van der Waals surface area contributed by atoms with Gasteiger partial charge in [0.1, 0.15) is 17.6 Å². The van der Waals surface area contributed by atoms with Crippen molar-refractivity contribution in [1.29, 1.82) is 0 Å². The van der Waals surface area contributed by atoms with E-state index in [1.807, 2.05) is 0 Å². The number of fused-ring (bicyclic) bond motifs is 1. The van der Waals surface area contributed by atoms with Gasteiger partial charge in [-0.1, -0.05) is 0 Å². The molecule has 0 radical (unpaired) electrons. The lowest BCUT2D eigenvalue weighted by atomic mass is 9.80. The first-order chi connectivity index (χ1) is 12.9. The van der Waals surface area contributed by atoms with Gasteiger partial charge in [-0.05, 0) is 13.8 Å². The number of ether oxygens (including phenoxy) is 2. The lowest BCUT2D eigenvalue weighted by Gasteiger charge is -2.28. The number of carbonyl (C=O) groups is 1. The average Bonchev–Trinajstić information content (AvgIpc) is 3.21. The predicted octanol–water partition coefficient (Wildman–Crippen LogP) is -1.78. The molecule has 0 saturated carbocycles. The highest BCUT2D eigenvalue weighted by molar-refractivity contribution is 5.84. The number of hydrogen-bond acceptors (Lipinski definition) is 12. The van der Waals surface area contributed by atoms with E-state index >= 15 is 0 Å². The van der Waals surface area contributed by atoms with E-state index in [9.17, 15) is 15.0 Å². The molecule has 2 aromatic heterocycles. The predicted molar refractivity (Wildman–Crippen MR) is 92.7 cm³/mol. The molecule has 8 N–H and O–H groups in total. The molecule has 0 bridgehead atoms. The third-order valence-corrected chi connectivity index (χ3v) is 4.70. The highest BCUT2D eigenvalue weighted by atomic mass is 16.6. The Morgan fingerprint density at radius 2 is 2.19 bits per heavy atom. The first-order valence-electron chi connectivity index (χ1n) is 8.21. The van der Waals surface area contributed by atoms with E-state index in [1.54, 1.807) is 6.92 Å². The molecular formula is C14H22N8O5. The van der Waals surface area contributed by atoms with Crippen LogP contribution in [0.2, 0.25) is 0 Å². The minimum absolute atomic E-state index is 0.0524. The SMILES string of the molecule is CCOC(=O)[C@]1(C)[C@H](O)[C@@H](n2cnc3c(NN)nc(NN)nc32)O[C@@H]1CO. The zero-order chi connectivity index (χ0) is 19.8. The van der Waals surface area contributed by atoms with E-state index < -0.39 is 36.4 Å². The van der Waals surface area contributed by atoms with E-state index in [2.05, 4.69) is 25.8 Å². The number of rotatable bonds is 6. The first kappa shape index (κ1) is 19.2. The summed E-state index contributed by atoms with van der Waals surface area (Å²) in [6.45, 7) is 2.76. The molecule has 13 nitrogen and oxygen atoms in total. The molecule has 27 heavy (non-hydrogen) atoms. The van der Waals surface area contributed by atoms with Crippen LogP contribution in [0, 0.1) is 5.41 Å². The van der Waals surface area contributed by atoms with Crippen LogP contribution in [0.25, 0.3) is 11.2 Å². The van der Waals surface area contributed by atoms with Crippen LogP contribution in [-0.4, -0.2) is 61.1 Å². The summed E-state index contributed by atoms with van der Waals surface area (Å²) in [5.41, 5.74) is 3.77. The third kappa shape index (κ3) is 2.85. The number of nitrogens with zero attached hydrogens (tertiary/aromatic N) is 4. The lowest BCUT2D eigenvalue weighted by Crippen LogP contribution is -2.47. The van der Waals surface area contributed by atoms with Crippen LogP contribution in [-0.2, 0) is 14.3 Å². The van der Waals surface area contributed by atoms with Crippen molar-refractivity contribution in [2.24, 2.45) is 17.1 Å². The van der Waals surface area contributed by atoms with Crippen LogP contribution in [0.1, 0.15) is 20.1 Å². The molecule has 1 aliphatic heterocycles. The first-order valence-corrected chi connectivity index (χ1v) is 8.21. The normalized spacial score (nSPS) is 27.7. The standard InChI is InChI=1S/C14H22N8O5/c1-3-26-12(25)14(2)6(4-23)27-11(8(14)24)22-5-17-7-9(20-15)18-13(21-16)19-10(7)22/h5-6,8,11,23-24H,3-4,15-16H2,1-2H3,(H2,18,19,20,21)/t6-,8-,11+,14+/m1/s1. The van der Waals surface area contributed by atoms with Crippen LogP contribution in [0.15, 0.2) is 6.33 Å². The second-order valence-corrected chi connectivity index (χ2v) is 6.15. The third-order valence-electron chi connectivity index (χ3n) is 4.70. The molecule has 0 aromatic carbocycles. The van der Waals surface area contributed by atoms with Crippen molar-refractivity contribution >= 4 is 28.9 Å². The van der Waals surface area contributed by atoms with Gasteiger partial charge in [0, 0.05) is 0 Å². The quantitative estimate of drug-likeness (QED) is 0.187. The molecule has 2 aromatic rings. The number of nitrogen functional groups attached to an aromatic ring is 2. The molecule has 1 saturated heterocycles. The van der Waals surface area contributed by atoms with Crippen molar-refractivity contribution in [3.8, 4) is 0 Å². The summed E-state index contributed by atoms with van der Waals surface area (Å²) in [7, 11) is 0. The van der Waals surface area contributed by atoms with Gasteiger partial charge in [0.2, 0.25) is 5.95 Å². The summed E-state index contributed by atoms with van der Waals surface area (Å²) >= 11 is 0. The summed E-state index contributed by atoms with van der Waals surface area (Å²) < 4.78 is 12.2. The van der Waals surface area contributed by atoms with Crippen LogP contribution >= 0.6 is 0 Å². The summed E-state index contributed by atoms with van der Waals surface area (Å²) in [6.07, 6.45) is -2.04. The number of nitrogens with one attached hydrogen (secondary N) is 2. The number of nitrogens with two attached hydrogens (primary N) is 2. The second kappa shape index (κ2) is 7.21. The molecule has 0 unspecified atom stereocenters. The van der Waals surface area contributed by atoms with Gasteiger partial charge in [0.15, 0.2) is 23.2 Å². The van der Waals surface area contributed by atoms with Crippen LogP contribution in [0.5, 0.6) is 0 Å². The van der Waals surface area contributed by atoms with Crippen LogP contribution in [0.3, 0.4) is 0 Å². The highest BCUT2D eigenvalue weighted by Gasteiger charge is 2.59. The highest BCUT2D eigenvalue weighted by Crippen LogP contribution is 2.45. The number of hydrogen-bond donors (Lipinski definition) is 6. The Balaban J connectivity index is 2.08. The van der Waals surface area contributed by atoms with Gasteiger partial charge in [-0.25, -0.2) is 16.7 Å². The van der Waals surface area contributed by atoms with Crippen molar-refractivity contribution in [2.75, 3.05) is 24.1 Å². The topological polar surface area (TPSA) is 196 Å². The molecule has 0 spiro atoms. The summed E-state index contributed by atoms with van der Waals surface area (Å²) in [4.78, 5) is 24.9. The summed E-state index contributed by atoms with van der Waals surface area (Å²) in [5.74, 6) is 10.4. The minimum Gasteiger partial charge on any atom is -0.465 e. The zero-order valence-electron chi connectivity index (χ0n) is 14.8. The maximum Gasteiger partial charge on any atom is 0.317 e. The van der Waals surface area contributed by atoms with Gasteiger partial charge in [0.25, 0.3) is 0 Å². The Labute approximate surface area is 153 Å². The van der Waals surface area contributed by atoms with Gasteiger partial charge < -0.3 is 25.1 Å². The smallest absolute Gasteiger partial charge is 0.317 e. The maximum atomic E-state index is 12.4. The molecule has 3 rings (SSSR count). The number of aliphatic hydroxyl groups is 2. The van der Waals surface area contributed by atoms with E-state index in [1.165, 1.54) is 17.8 Å². The Morgan fingerprint density at radius 3 is 2.78 bits per heavy atom. The number of carbonyl (C=O) groups excluding carboxylic acids is 1. The molecule has 1 fully saturated rings. The molecular weight excluding hydrogens is 360 g/mol. The average molecular weight is 382 g/mol. The van der Waals surface area contributed by atoms with Gasteiger partial charge in [-0.15, -0.1) is 0 Å². The number of esters is 1. The number of imidazole rings is 1. The molecule has 0 amide bonds. The van der Waals surface area contributed by atoms with E-state index in [0.717, 1.165) is 0 Å². The molecule has 4 atom stereocenters. The summed E-state index contributed by atoms with van der Waals surface area (Å²) in [6, 6.07) is 0. The van der Waals surface area contributed by atoms with Crippen molar-refractivity contribution in [1.82, 2.24) is 19.5 Å². The number of anilines is 2. The minimum atomic E-state index is -1.48. The Morgan fingerprint density at radius 1 is 1.44 bits per heavy atom. The lowest BCUT2D eigenvalue weighted by molar-refractivity contribution is -0.163. The van der Waals surface area contributed by atoms with Crippen molar-refractivity contribution < 1.29 is 24.5 Å². The van der Waals surface area contributed by atoms with Crippen LogP contribution in [0.4, 0.5) is 11.8 Å². The molecule has 1 aliphatic rings. The van der Waals surface area contributed by atoms with Crippen molar-refractivity contribution in [3.05, 3.63) is 6.33 Å². The fourth-order valence-electron chi connectivity index (χ4n) is 3.13. The van der Waals surface area contributed by atoms with Crippen molar-refractivity contribution in [2.45, 2.75) is 32.3 Å². The largest absolute Gasteiger partial charge is 0.465 e. The Hall–Kier alpha value is -2.58. The zero-order valence-corrected chi connectivity index (χ0v) is 14.8. The van der Waals surface area contributed by atoms with Crippen molar-refractivity contribution in [3.63, 3.8) is 0 Å². The number of aliphatic hydroxyl groups excluding tert-OH is 2. The fourth-order valence-corrected chi connectivity index (χ4v) is 3.13. The molecule has 13 heteroatoms.